The molecule has 0 atom stereocenters. The molecular formula is C18H20ClN5O4. The molecule has 0 unspecified atom stereocenters. The number of hydrogen-bond donors (Lipinski definition) is 1. The Balaban J connectivity index is 1.47. The van der Waals surface area contributed by atoms with Crippen LogP contribution in [0.3, 0.4) is 0 Å². The number of ether oxygens (including phenoxy) is 2. The van der Waals surface area contributed by atoms with Crippen LogP contribution in [0, 0.1) is 0 Å². The highest BCUT2D eigenvalue weighted by molar-refractivity contribution is 6.33. The second kappa shape index (κ2) is 9.34. The average Bonchev–Trinajstić information content (AvgIpc) is 3.06. The van der Waals surface area contributed by atoms with E-state index in [-0.39, 0.29) is 23.2 Å². The lowest BCUT2D eigenvalue weighted by Gasteiger charge is -2.26. The predicted molar refractivity (Wildman–Crippen MR) is 103 cm³/mol. The van der Waals surface area contributed by atoms with Crippen LogP contribution in [-0.2, 0) is 16.6 Å². The minimum atomic E-state index is -0.497. The van der Waals surface area contributed by atoms with Crippen molar-refractivity contribution in [2.75, 3.05) is 32.9 Å². The van der Waals surface area contributed by atoms with Crippen molar-refractivity contribution in [1.82, 2.24) is 20.1 Å². The van der Waals surface area contributed by atoms with E-state index >= 15 is 0 Å². The molecule has 1 N–H and O–H groups in total. The van der Waals surface area contributed by atoms with Gasteiger partial charge in [-0.15, -0.1) is 0 Å². The van der Waals surface area contributed by atoms with E-state index in [1.807, 2.05) is 0 Å². The molecule has 0 aliphatic carbocycles. The van der Waals surface area contributed by atoms with Gasteiger partial charge in [0.05, 0.1) is 24.5 Å². The smallest absolute Gasteiger partial charge is 0.293 e. The fraction of sp³-hybridized carbons (Fsp3) is 0.333. The fourth-order valence-electron chi connectivity index (χ4n) is 2.53. The molecule has 1 aromatic heterocycles. The summed E-state index contributed by atoms with van der Waals surface area (Å²) in [5.74, 6) is 0.0105. The molecule has 9 nitrogen and oxygen atoms in total. The van der Waals surface area contributed by atoms with Gasteiger partial charge in [-0.1, -0.05) is 11.6 Å². The van der Waals surface area contributed by atoms with Crippen LogP contribution in [-0.4, -0.2) is 65.6 Å². The second-order valence-corrected chi connectivity index (χ2v) is 6.46. The molecule has 1 saturated heterocycles. The third-order valence-corrected chi connectivity index (χ3v) is 4.26. The van der Waals surface area contributed by atoms with E-state index in [2.05, 4.69) is 15.6 Å². The molecule has 2 amide bonds. The van der Waals surface area contributed by atoms with E-state index in [4.69, 9.17) is 21.1 Å². The summed E-state index contributed by atoms with van der Waals surface area (Å²) in [6, 6.07) is 6.98. The quantitative estimate of drug-likeness (QED) is 0.572. The number of amides is 2. The Hall–Kier alpha value is -2.91. The highest BCUT2D eigenvalue weighted by Crippen LogP contribution is 2.13. The highest BCUT2D eigenvalue weighted by atomic mass is 35.5. The van der Waals surface area contributed by atoms with Crippen LogP contribution >= 0.6 is 11.6 Å². The Morgan fingerprint density at radius 1 is 1.32 bits per heavy atom. The van der Waals surface area contributed by atoms with Gasteiger partial charge in [0.15, 0.2) is 12.3 Å². The maximum Gasteiger partial charge on any atom is 0.293 e. The number of hydrazone groups is 1. The maximum absolute atomic E-state index is 12.1. The third kappa shape index (κ3) is 5.30. The van der Waals surface area contributed by atoms with Crippen molar-refractivity contribution in [2.45, 2.75) is 0 Å². The molecular weight excluding hydrogens is 386 g/mol. The van der Waals surface area contributed by atoms with Gasteiger partial charge in [-0.2, -0.15) is 10.2 Å². The molecule has 2 heterocycles. The summed E-state index contributed by atoms with van der Waals surface area (Å²) in [5.41, 5.74) is 3.23. The number of aromatic nitrogens is 2. The lowest BCUT2D eigenvalue weighted by Crippen LogP contribution is -2.42. The van der Waals surface area contributed by atoms with E-state index in [0.717, 1.165) is 5.56 Å². The Bertz CT molecular complexity index is 859. The van der Waals surface area contributed by atoms with Gasteiger partial charge < -0.3 is 14.4 Å². The van der Waals surface area contributed by atoms with Gasteiger partial charge in [0.2, 0.25) is 0 Å². The molecule has 0 radical (unpaired) electrons. The summed E-state index contributed by atoms with van der Waals surface area (Å²) >= 11 is 5.91. The molecule has 0 spiro atoms. The monoisotopic (exact) mass is 405 g/mol. The highest BCUT2D eigenvalue weighted by Gasteiger charge is 2.17. The first-order valence-corrected chi connectivity index (χ1v) is 9.01. The molecule has 0 saturated carbocycles. The third-order valence-electron chi connectivity index (χ3n) is 3.99. The van der Waals surface area contributed by atoms with Gasteiger partial charge in [-0.05, 0) is 29.8 Å². The van der Waals surface area contributed by atoms with Crippen molar-refractivity contribution in [1.29, 1.82) is 0 Å². The van der Waals surface area contributed by atoms with Crippen LogP contribution in [0.25, 0.3) is 0 Å². The summed E-state index contributed by atoms with van der Waals surface area (Å²) in [6.45, 7) is 2.28. The largest absolute Gasteiger partial charge is 0.484 e. The standard InChI is InChI=1S/C18H20ClN5O4/c1-23-11-15(19)17(22-23)18(26)21-20-10-13-2-4-14(5-3-13)28-12-16(25)24-6-8-27-9-7-24/h2-5,10-11H,6-9,12H2,1H3,(H,21,26). The van der Waals surface area contributed by atoms with Crippen molar-refractivity contribution < 1.29 is 19.1 Å². The van der Waals surface area contributed by atoms with Crippen LogP contribution in [0.1, 0.15) is 16.1 Å². The summed E-state index contributed by atoms with van der Waals surface area (Å²) in [4.78, 5) is 25.7. The zero-order valence-electron chi connectivity index (χ0n) is 15.3. The first kappa shape index (κ1) is 19.8. The molecule has 1 fully saturated rings. The Kier molecular flexibility index (Phi) is 6.62. The number of nitrogens with one attached hydrogen (secondary N) is 1. The topological polar surface area (TPSA) is 98.0 Å². The van der Waals surface area contributed by atoms with Gasteiger partial charge >= 0.3 is 0 Å². The predicted octanol–water partition coefficient (Wildman–Crippen LogP) is 1.07. The van der Waals surface area contributed by atoms with Gasteiger partial charge in [0.25, 0.3) is 11.8 Å². The number of aryl methyl sites for hydroxylation is 1. The summed E-state index contributed by atoms with van der Waals surface area (Å²) in [5, 5.41) is 8.10. The number of benzene rings is 1. The normalized spacial score (nSPS) is 14.3. The number of nitrogens with zero attached hydrogens (tertiary/aromatic N) is 4. The first-order chi connectivity index (χ1) is 13.5. The number of carbonyl (C=O) groups is 2. The van der Waals surface area contributed by atoms with Gasteiger partial charge in [-0.25, -0.2) is 5.43 Å². The molecule has 2 aromatic rings. The average molecular weight is 406 g/mol. The lowest BCUT2D eigenvalue weighted by molar-refractivity contribution is -0.137. The number of halogens is 1. The van der Waals surface area contributed by atoms with Crippen LogP contribution in [0.2, 0.25) is 5.02 Å². The number of morpholine rings is 1. The number of carbonyl (C=O) groups excluding carboxylic acids is 2. The fourth-order valence-corrected chi connectivity index (χ4v) is 2.80. The second-order valence-electron chi connectivity index (χ2n) is 6.05. The SMILES string of the molecule is Cn1cc(Cl)c(C(=O)NN=Cc2ccc(OCC(=O)N3CCOCC3)cc2)n1. The minimum absolute atomic E-state index is 0.0195. The van der Waals surface area contributed by atoms with Crippen molar-refractivity contribution in [3.63, 3.8) is 0 Å². The molecule has 1 aliphatic rings. The van der Waals surface area contributed by atoms with Crippen LogP contribution in [0.15, 0.2) is 35.6 Å². The molecule has 1 aliphatic heterocycles. The van der Waals surface area contributed by atoms with Crippen molar-refractivity contribution in [2.24, 2.45) is 12.1 Å². The Morgan fingerprint density at radius 2 is 2.04 bits per heavy atom. The summed E-state index contributed by atoms with van der Waals surface area (Å²) in [7, 11) is 1.67. The molecule has 3 rings (SSSR count). The lowest BCUT2D eigenvalue weighted by atomic mass is 10.2. The summed E-state index contributed by atoms with van der Waals surface area (Å²) < 4.78 is 12.2. The van der Waals surface area contributed by atoms with E-state index in [1.165, 1.54) is 17.1 Å². The van der Waals surface area contributed by atoms with Crippen molar-refractivity contribution in [3.05, 3.63) is 46.7 Å². The zero-order valence-corrected chi connectivity index (χ0v) is 16.1. The molecule has 1 aromatic carbocycles. The molecule has 10 heteroatoms. The van der Waals surface area contributed by atoms with Crippen molar-refractivity contribution >= 4 is 29.6 Å². The van der Waals surface area contributed by atoms with Crippen LogP contribution in [0.4, 0.5) is 0 Å². The Morgan fingerprint density at radius 3 is 2.68 bits per heavy atom. The van der Waals surface area contributed by atoms with Gasteiger partial charge in [0, 0.05) is 26.3 Å². The number of rotatable bonds is 6. The van der Waals surface area contributed by atoms with E-state index < -0.39 is 5.91 Å². The minimum Gasteiger partial charge on any atom is -0.484 e. The maximum atomic E-state index is 12.1. The molecule has 0 bridgehead atoms. The zero-order chi connectivity index (χ0) is 19.9. The van der Waals surface area contributed by atoms with Gasteiger partial charge in [0.1, 0.15) is 5.75 Å². The van der Waals surface area contributed by atoms with Crippen molar-refractivity contribution in [3.8, 4) is 5.75 Å². The van der Waals surface area contributed by atoms with Crippen LogP contribution < -0.4 is 10.2 Å². The molecule has 148 valence electrons. The Labute approximate surface area is 166 Å². The van der Waals surface area contributed by atoms with E-state index in [0.29, 0.717) is 32.1 Å². The van der Waals surface area contributed by atoms with Crippen LogP contribution in [0.5, 0.6) is 5.75 Å². The van der Waals surface area contributed by atoms with Gasteiger partial charge in [-0.3, -0.25) is 14.3 Å². The first-order valence-electron chi connectivity index (χ1n) is 8.64. The molecule has 28 heavy (non-hydrogen) atoms. The van der Waals surface area contributed by atoms with E-state index in [9.17, 15) is 9.59 Å². The number of hydrogen-bond acceptors (Lipinski definition) is 6. The summed E-state index contributed by atoms with van der Waals surface area (Å²) in [6.07, 6.45) is 3.01. The van der Waals surface area contributed by atoms with E-state index in [1.54, 1.807) is 36.2 Å².